The SMILES string of the molecule is COC(=O)c1ccccc1NC(=O)c1ccc(NCCCN(C)C)cn1. The van der Waals surface area contributed by atoms with Crippen molar-refractivity contribution in [2.75, 3.05) is 44.9 Å². The summed E-state index contributed by atoms with van der Waals surface area (Å²) in [4.78, 5) is 30.4. The second-order valence-electron chi connectivity index (χ2n) is 6.01. The Kier molecular flexibility index (Phi) is 7.11. The lowest BCUT2D eigenvalue weighted by molar-refractivity contribution is 0.0602. The number of benzene rings is 1. The molecule has 0 aliphatic rings. The van der Waals surface area contributed by atoms with Gasteiger partial charge in [-0.2, -0.15) is 0 Å². The van der Waals surface area contributed by atoms with E-state index in [1.807, 2.05) is 20.2 Å². The number of nitrogens with zero attached hydrogens (tertiary/aromatic N) is 2. The summed E-state index contributed by atoms with van der Waals surface area (Å²) in [6.07, 6.45) is 2.64. The second-order valence-corrected chi connectivity index (χ2v) is 6.01. The first-order chi connectivity index (χ1) is 12.5. The summed E-state index contributed by atoms with van der Waals surface area (Å²) in [5.41, 5.74) is 1.80. The van der Waals surface area contributed by atoms with Gasteiger partial charge in [0.1, 0.15) is 5.69 Å². The monoisotopic (exact) mass is 356 g/mol. The van der Waals surface area contributed by atoms with Crippen LogP contribution in [0.15, 0.2) is 42.6 Å². The van der Waals surface area contributed by atoms with E-state index in [0.717, 1.165) is 25.2 Å². The highest BCUT2D eigenvalue weighted by atomic mass is 16.5. The van der Waals surface area contributed by atoms with E-state index in [2.05, 4.69) is 20.5 Å². The quantitative estimate of drug-likeness (QED) is 0.558. The standard InChI is InChI=1S/C19H24N4O3/c1-23(2)12-6-11-20-14-9-10-17(21-13-14)18(24)22-16-8-5-4-7-15(16)19(25)26-3/h4-5,7-10,13,20H,6,11-12H2,1-3H3,(H,22,24). The zero-order chi connectivity index (χ0) is 18.9. The minimum absolute atomic E-state index is 0.267. The molecule has 0 aliphatic carbocycles. The normalized spacial score (nSPS) is 10.5. The van der Waals surface area contributed by atoms with E-state index in [-0.39, 0.29) is 11.6 Å². The molecule has 138 valence electrons. The van der Waals surface area contributed by atoms with Crippen LogP contribution < -0.4 is 10.6 Å². The number of ether oxygens (including phenoxy) is 1. The number of hydrogen-bond acceptors (Lipinski definition) is 6. The van der Waals surface area contributed by atoms with Crippen molar-refractivity contribution in [2.45, 2.75) is 6.42 Å². The molecule has 2 N–H and O–H groups in total. The maximum absolute atomic E-state index is 12.4. The van der Waals surface area contributed by atoms with Gasteiger partial charge in [-0.25, -0.2) is 9.78 Å². The fourth-order valence-corrected chi connectivity index (χ4v) is 2.33. The summed E-state index contributed by atoms with van der Waals surface area (Å²) in [5.74, 6) is -0.897. The van der Waals surface area contributed by atoms with Crippen molar-refractivity contribution in [3.8, 4) is 0 Å². The van der Waals surface area contributed by atoms with Crippen LogP contribution in [0.3, 0.4) is 0 Å². The maximum atomic E-state index is 12.4. The first kappa shape index (κ1) is 19.4. The number of carbonyl (C=O) groups is 2. The number of rotatable bonds is 8. The Morgan fingerprint density at radius 3 is 2.58 bits per heavy atom. The molecular weight excluding hydrogens is 332 g/mol. The molecule has 0 bridgehead atoms. The number of nitrogens with one attached hydrogen (secondary N) is 2. The van der Waals surface area contributed by atoms with Crippen LogP contribution in [0.2, 0.25) is 0 Å². The molecule has 0 saturated carbocycles. The fraction of sp³-hybridized carbons (Fsp3) is 0.316. The predicted molar refractivity (Wildman–Crippen MR) is 102 cm³/mol. The molecule has 1 amide bonds. The van der Waals surface area contributed by atoms with Crippen molar-refractivity contribution in [1.29, 1.82) is 0 Å². The zero-order valence-electron chi connectivity index (χ0n) is 15.3. The van der Waals surface area contributed by atoms with Crippen LogP contribution in [0.1, 0.15) is 27.3 Å². The highest BCUT2D eigenvalue weighted by Gasteiger charge is 2.14. The Bertz CT molecular complexity index is 745. The van der Waals surface area contributed by atoms with Crippen molar-refractivity contribution in [2.24, 2.45) is 0 Å². The van der Waals surface area contributed by atoms with Crippen molar-refractivity contribution in [3.63, 3.8) is 0 Å². The highest BCUT2D eigenvalue weighted by Crippen LogP contribution is 2.17. The topological polar surface area (TPSA) is 83.6 Å². The summed E-state index contributed by atoms with van der Waals surface area (Å²) >= 11 is 0. The van der Waals surface area contributed by atoms with Gasteiger partial charge in [-0.3, -0.25) is 4.79 Å². The minimum atomic E-state index is -0.508. The van der Waals surface area contributed by atoms with Gasteiger partial charge < -0.3 is 20.3 Å². The van der Waals surface area contributed by atoms with E-state index < -0.39 is 5.97 Å². The smallest absolute Gasteiger partial charge is 0.339 e. The van der Waals surface area contributed by atoms with Crippen LogP contribution in [0.5, 0.6) is 0 Å². The fourth-order valence-electron chi connectivity index (χ4n) is 2.33. The number of amides is 1. The molecule has 1 heterocycles. The van der Waals surface area contributed by atoms with E-state index in [9.17, 15) is 9.59 Å². The summed E-state index contributed by atoms with van der Waals surface area (Å²) < 4.78 is 4.72. The molecular formula is C19H24N4O3. The third-order valence-electron chi connectivity index (χ3n) is 3.69. The largest absolute Gasteiger partial charge is 0.465 e. The minimum Gasteiger partial charge on any atom is -0.465 e. The van der Waals surface area contributed by atoms with E-state index in [1.54, 1.807) is 36.5 Å². The Hall–Kier alpha value is -2.93. The number of anilines is 2. The van der Waals surface area contributed by atoms with Gasteiger partial charge in [0, 0.05) is 6.54 Å². The van der Waals surface area contributed by atoms with Crippen LogP contribution in [-0.2, 0) is 4.74 Å². The molecule has 2 rings (SSSR count). The van der Waals surface area contributed by atoms with Crippen molar-refractivity contribution < 1.29 is 14.3 Å². The van der Waals surface area contributed by atoms with Gasteiger partial charge in [0.05, 0.1) is 30.2 Å². The average molecular weight is 356 g/mol. The Labute approximate surface area is 153 Å². The number of aromatic nitrogens is 1. The van der Waals surface area contributed by atoms with Gasteiger partial charge in [0.2, 0.25) is 0 Å². The first-order valence-electron chi connectivity index (χ1n) is 8.34. The van der Waals surface area contributed by atoms with Crippen molar-refractivity contribution in [3.05, 3.63) is 53.9 Å². The van der Waals surface area contributed by atoms with E-state index in [1.165, 1.54) is 7.11 Å². The summed E-state index contributed by atoms with van der Waals surface area (Å²) in [5, 5.41) is 5.96. The van der Waals surface area contributed by atoms with Crippen LogP contribution in [0.25, 0.3) is 0 Å². The van der Waals surface area contributed by atoms with Crippen LogP contribution in [0.4, 0.5) is 11.4 Å². The number of esters is 1. The Balaban J connectivity index is 1.97. The van der Waals surface area contributed by atoms with E-state index >= 15 is 0 Å². The predicted octanol–water partition coefficient (Wildman–Crippen LogP) is 2.48. The third-order valence-corrected chi connectivity index (χ3v) is 3.69. The zero-order valence-corrected chi connectivity index (χ0v) is 15.3. The molecule has 1 aromatic carbocycles. The van der Waals surface area contributed by atoms with Crippen molar-refractivity contribution in [1.82, 2.24) is 9.88 Å². The molecule has 7 nitrogen and oxygen atoms in total. The van der Waals surface area contributed by atoms with Crippen LogP contribution >= 0.6 is 0 Å². The molecule has 0 radical (unpaired) electrons. The summed E-state index contributed by atoms with van der Waals surface area (Å²) in [6.45, 7) is 1.83. The van der Waals surface area contributed by atoms with E-state index in [0.29, 0.717) is 11.3 Å². The summed E-state index contributed by atoms with van der Waals surface area (Å²) in [6, 6.07) is 10.1. The molecule has 0 unspecified atom stereocenters. The summed E-state index contributed by atoms with van der Waals surface area (Å²) in [7, 11) is 5.37. The number of para-hydroxylation sites is 1. The Morgan fingerprint density at radius 1 is 1.15 bits per heavy atom. The second kappa shape index (κ2) is 9.53. The van der Waals surface area contributed by atoms with E-state index in [4.69, 9.17) is 4.74 Å². The molecule has 7 heteroatoms. The molecule has 1 aromatic heterocycles. The van der Waals surface area contributed by atoms with Crippen molar-refractivity contribution >= 4 is 23.3 Å². The van der Waals surface area contributed by atoms with Gasteiger partial charge in [-0.05, 0) is 51.3 Å². The molecule has 2 aromatic rings. The maximum Gasteiger partial charge on any atom is 0.339 e. The lowest BCUT2D eigenvalue weighted by Gasteiger charge is -2.11. The van der Waals surface area contributed by atoms with Crippen LogP contribution in [-0.4, -0.2) is 56.1 Å². The molecule has 0 aliphatic heterocycles. The number of hydrogen-bond donors (Lipinski definition) is 2. The number of pyridine rings is 1. The van der Waals surface area contributed by atoms with Crippen LogP contribution in [0, 0.1) is 0 Å². The molecule has 0 fully saturated rings. The molecule has 26 heavy (non-hydrogen) atoms. The van der Waals surface area contributed by atoms with Gasteiger partial charge in [0.25, 0.3) is 5.91 Å². The Morgan fingerprint density at radius 2 is 1.92 bits per heavy atom. The lowest BCUT2D eigenvalue weighted by Crippen LogP contribution is -2.17. The highest BCUT2D eigenvalue weighted by molar-refractivity contribution is 6.07. The average Bonchev–Trinajstić information content (AvgIpc) is 2.65. The van der Waals surface area contributed by atoms with Gasteiger partial charge in [-0.1, -0.05) is 12.1 Å². The number of carbonyl (C=O) groups excluding carboxylic acids is 2. The molecule has 0 saturated heterocycles. The lowest BCUT2D eigenvalue weighted by atomic mass is 10.1. The molecule has 0 atom stereocenters. The number of methoxy groups -OCH3 is 1. The third kappa shape index (κ3) is 5.56. The van der Waals surface area contributed by atoms with Gasteiger partial charge in [-0.15, -0.1) is 0 Å². The van der Waals surface area contributed by atoms with Gasteiger partial charge >= 0.3 is 5.97 Å². The molecule has 0 spiro atoms. The van der Waals surface area contributed by atoms with Gasteiger partial charge in [0.15, 0.2) is 0 Å². The first-order valence-corrected chi connectivity index (χ1v) is 8.34.